The Balaban J connectivity index is 2.16. The third-order valence-corrected chi connectivity index (χ3v) is 4.85. The van der Waals surface area contributed by atoms with Crippen LogP contribution in [0.1, 0.15) is 25.3 Å². The molecule has 0 aliphatic heterocycles. The van der Waals surface area contributed by atoms with Crippen molar-refractivity contribution < 1.29 is 10.2 Å². The van der Waals surface area contributed by atoms with Crippen LogP contribution in [-0.2, 0) is 0 Å². The molecule has 2 N–H and O–H groups in total. The van der Waals surface area contributed by atoms with Crippen LogP contribution in [0.3, 0.4) is 0 Å². The molecule has 0 aliphatic carbocycles. The SMILES string of the molecule is CC(C)c1ccc2ccc(O)c(-c3c(O)ccc4ccccc34)c2c1. The van der Waals surface area contributed by atoms with Crippen LogP contribution in [0.2, 0.25) is 0 Å². The second kappa shape index (κ2) is 5.82. The first-order chi connectivity index (χ1) is 12.1. The highest BCUT2D eigenvalue weighted by Gasteiger charge is 2.17. The van der Waals surface area contributed by atoms with Crippen molar-refractivity contribution in [3.05, 3.63) is 72.3 Å². The van der Waals surface area contributed by atoms with Gasteiger partial charge in [-0.1, -0.05) is 68.4 Å². The average molecular weight is 328 g/mol. The van der Waals surface area contributed by atoms with Gasteiger partial charge in [-0.15, -0.1) is 0 Å². The van der Waals surface area contributed by atoms with E-state index in [0.29, 0.717) is 17.0 Å². The highest BCUT2D eigenvalue weighted by atomic mass is 16.3. The molecule has 2 nitrogen and oxygen atoms in total. The third-order valence-electron chi connectivity index (χ3n) is 4.85. The van der Waals surface area contributed by atoms with Crippen molar-refractivity contribution in [3.8, 4) is 22.6 Å². The third kappa shape index (κ3) is 2.51. The summed E-state index contributed by atoms with van der Waals surface area (Å²) in [5.41, 5.74) is 2.58. The van der Waals surface area contributed by atoms with Gasteiger partial charge in [-0.05, 0) is 45.2 Å². The number of rotatable bonds is 2. The van der Waals surface area contributed by atoms with Crippen LogP contribution >= 0.6 is 0 Å². The second-order valence-corrected chi connectivity index (χ2v) is 6.78. The highest BCUT2D eigenvalue weighted by molar-refractivity contribution is 6.09. The predicted octanol–water partition coefficient (Wildman–Crippen LogP) is 6.19. The van der Waals surface area contributed by atoms with E-state index in [1.807, 2.05) is 36.4 Å². The van der Waals surface area contributed by atoms with Gasteiger partial charge < -0.3 is 10.2 Å². The van der Waals surface area contributed by atoms with Gasteiger partial charge in [-0.3, -0.25) is 0 Å². The van der Waals surface area contributed by atoms with E-state index in [9.17, 15) is 10.2 Å². The molecule has 2 heteroatoms. The lowest BCUT2D eigenvalue weighted by Crippen LogP contribution is -1.90. The van der Waals surface area contributed by atoms with E-state index >= 15 is 0 Å². The van der Waals surface area contributed by atoms with Crippen LogP contribution in [0.25, 0.3) is 32.7 Å². The van der Waals surface area contributed by atoms with Crippen LogP contribution in [0.4, 0.5) is 0 Å². The van der Waals surface area contributed by atoms with Gasteiger partial charge in [0.05, 0.1) is 0 Å². The molecule has 124 valence electrons. The smallest absolute Gasteiger partial charge is 0.124 e. The summed E-state index contributed by atoms with van der Waals surface area (Å²) >= 11 is 0. The van der Waals surface area contributed by atoms with Crippen LogP contribution < -0.4 is 0 Å². The molecule has 0 heterocycles. The Hall–Kier alpha value is -3.00. The van der Waals surface area contributed by atoms with Crippen molar-refractivity contribution in [1.29, 1.82) is 0 Å². The van der Waals surface area contributed by atoms with Gasteiger partial charge in [0.15, 0.2) is 0 Å². The molecule has 0 atom stereocenters. The normalized spacial score (nSPS) is 11.5. The molecule has 4 aromatic rings. The van der Waals surface area contributed by atoms with Crippen molar-refractivity contribution in [1.82, 2.24) is 0 Å². The fourth-order valence-corrected chi connectivity index (χ4v) is 3.47. The molecule has 0 unspecified atom stereocenters. The standard InChI is InChI=1S/C23H20O2/c1-14(2)17-8-7-16-10-12-21(25)23(19(16)13-17)22-18-6-4-3-5-15(18)9-11-20(22)24/h3-14,24-25H,1-2H3. The van der Waals surface area contributed by atoms with Crippen molar-refractivity contribution in [3.63, 3.8) is 0 Å². The Labute approximate surface area is 147 Å². The van der Waals surface area contributed by atoms with Gasteiger partial charge in [0.1, 0.15) is 11.5 Å². The van der Waals surface area contributed by atoms with E-state index in [1.54, 1.807) is 12.1 Å². The zero-order valence-corrected chi connectivity index (χ0v) is 14.3. The zero-order valence-electron chi connectivity index (χ0n) is 14.3. The van der Waals surface area contributed by atoms with Crippen LogP contribution in [0, 0.1) is 0 Å². The van der Waals surface area contributed by atoms with E-state index in [4.69, 9.17) is 0 Å². The van der Waals surface area contributed by atoms with Gasteiger partial charge in [0, 0.05) is 11.1 Å². The molecule has 0 bridgehead atoms. The minimum absolute atomic E-state index is 0.177. The summed E-state index contributed by atoms with van der Waals surface area (Å²) in [7, 11) is 0. The molecular formula is C23H20O2. The summed E-state index contributed by atoms with van der Waals surface area (Å²) in [5, 5.41) is 25.2. The lowest BCUT2D eigenvalue weighted by atomic mass is 9.90. The summed E-state index contributed by atoms with van der Waals surface area (Å²) in [5.74, 6) is 0.747. The summed E-state index contributed by atoms with van der Waals surface area (Å²) in [6.07, 6.45) is 0. The number of phenolic OH excluding ortho intramolecular Hbond substituents is 2. The maximum atomic E-state index is 10.7. The van der Waals surface area contributed by atoms with Gasteiger partial charge in [0.2, 0.25) is 0 Å². The average Bonchev–Trinajstić information content (AvgIpc) is 2.62. The summed E-state index contributed by atoms with van der Waals surface area (Å²) in [6.45, 7) is 4.30. The van der Waals surface area contributed by atoms with E-state index in [1.165, 1.54) is 5.56 Å². The van der Waals surface area contributed by atoms with Crippen LogP contribution in [-0.4, -0.2) is 10.2 Å². The lowest BCUT2D eigenvalue weighted by molar-refractivity contribution is 0.470. The number of hydrogen-bond acceptors (Lipinski definition) is 2. The number of phenols is 2. The maximum absolute atomic E-state index is 10.7. The quantitative estimate of drug-likeness (QED) is 0.460. The number of benzene rings is 4. The molecule has 0 aliphatic rings. The Morgan fingerprint density at radius 2 is 1.20 bits per heavy atom. The zero-order chi connectivity index (χ0) is 17.6. The minimum atomic E-state index is 0.177. The highest BCUT2D eigenvalue weighted by Crippen LogP contribution is 2.44. The molecule has 0 radical (unpaired) electrons. The Morgan fingerprint density at radius 1 is 0.640 bits per heavy atom. The van der Waals surface area contributed by atoms with Crippen molar-refractivity contribution >= 4 is 21.5 Å². The lowest BCUT2D eigenvalue weighted by Gasteiger charge is -2.15. The predicted molar refractivity (Wildman–Crippen MR) is 104 cm³/mol. The minimum Gasteiger partial charge on any atom is -0.507 e. The van der Waals surface area contributed by atoms with E-state index in [2.05, 4.69) is 32.0 Å². The van der Waals surface area contributed by atoms with Crippen molar-refractivity contribution in [2.45, 2.75) is 19.8 Å². The summed E-state index contributed by atoms with van der Waals surface area (Å²) in [6, 6.07) is 21.5. The van der Waals surface area contributed by atoms with E-state index in [-0.39, 0.29) is 11.5 Å². The van der Waals surface area contributed by atoms with Crippen molar-refractivity contribution in [2.24, 2.45) is 0 Å². The van der Waals surface area contributed by atoms with E-state index in [0.717, 1.165) is 21.5 Å². The Bertz CT molecular complexity index is 1090. The van der Waals surface area contributed by atoms with E-state index < -0.39 is 0 Å². The van der Waals surface area contributed by atoms with Crippen LogP contribution in [0.5, 0.6) is 11.5 Å². The largest absolute Gasteiger partial charge is 0.507 e. The Morgan fingerprint density at radius 3 is 1.88 bits per heavy atom. The molecule has 0 spiro atoms. The first kappa shape index (κ1) is 15.5. The molecular weight excluding hydrogens is 308 g/mol. The molecule has 0 saturated carbocycles. The van der Waals surface area contributed by atoms with Gasteiger partial charge >= 0.3 is 0 Å². The van der Waals surface area contributed by atoms with Gasteiger partial charge in [-0.2, -0.15) is 0 Å². The molecule has 4 aromatic carbocycles. The monoisotopic (exact) mass is 328 g/mol. The first-order valence-corrected chi connectivity index (χ1v) is 8.53. The maximum Gasteiger partial charge on any atom is 0.124 e. The summed E-state index contributed by atoms with van der Waals surface area (Å²) < 4.78 is 0. The first-order valence-electron chi connectivity index (χ1n) is 8.53. The topological polar surface area (TPSA) is 40.5 Å². The van der Waals surface area contributed by atoms with Gasteiger partial charge in [-0.25, -0.2) is 0 Å². The number of aromatic hydroxyl groups is 2. The van der Waals surface area contributed by atoms with Crippen LogP contribution in [0.15, 0.2) is 66.7 Å². The molecule has 0 aromatic heterocycles. The fourth-order valence-electron chi connectivity index (χ4n) is 3.47. The molecule has 25 heavy (non-hydrogen) atoms. The molecule has 4 rings (SSSR count). The fraction of sp³-hybridized carbons (Fsp3) is 0.130. The van der Waals surface area contributed by atoms with Crippen molar-refractivity contribution in [2.75, 3.05) is 0 Å². The Kier molecular flexibility index (Phi) is 3.61. The molecule has 0 amide bonds. The number of fused-ring (bicyclic) bond motifs is 2. The molecule has 0 saturated heterocycles. The van der Waals surface area contributed by atoms with Gasteiger partial charge in [0.25, 0.3) is 0 Å². The second-order valence-electron chi connectivity index (χ2n) is 6.78. The molecule has 0 fully saturated rings. The summed E-state index contributed by atoms with van der Waals surface area (Å²) in [4.78, 5) is 0. The number of hydrogen-bond donors (Lipinski definition) is 2.